The van der Waals surface area contributed by atoms with Crippen LogP contribution in [0.25, 0.3) is 0 Å². The fourth-order valence-electron chi connectivity index (χ4n) is 2.12. The van der Waals surface area contributed by atoms with Gasteiger partial charge in [0.05, 0.1) is 11.7 Å². The van der Waals surface area contributed by atoms with E-state index < -0.39 is 0 Å². The van der Waals surface area contributed by atoms with Crippen LogP contribution in [-0.4, -0.2) is 9.78 Å². The van der Waals surface area contributed by atoms with Crippen molar-refractivity contribution in [3.8, 4) is 0 Å². The first-order valence-corrected chi connectivity index (χ1v) is 6.71. The lowest BCUT2D eigenvalue weighted by atomic mass is 9.99. The number of hydrogen-bond acceptors (Lipinski definition) is 3. The summed E-state index contributed by atoms with van der Waals surface area (Å²) in [6.07, 6.45) is 1.80. The molecule has 1 atom stereocenters. The standard InChI is InChI=1S/C13H17BrN4/c1-3-18-12(7-8-16-18)13(17-15)10-5-4-6-11(14)9(10)2/h4-8,13,17H,3,15H2,1-2H3. The minimum Gasteiger partial charge on any atom is -0.271 e. The quantitative estimate of drug-likeness (QED) is 0.674. The molecule has 0 fully saturated rings. The van der Waals surface area contributed by atoms with Gasteiger partial charge in [0.2, 0.25) is 0 Å². The van der Waals surface area contributed by atoms with Gasteiger partial charge in [-0.1, -0.05) is 28.1 Å². The molecule has 0 aliphatic heterocycles. The molecule has 1 aromatic carbocycles. The molecular weight excluding hydrogens is 292 g/mol. The average Bonchev–Trinajstić information content (AvgIpc) is 2.83. The van der Waals surface area contributed by atoms with Gasteiger partial charge in [-0.15, -0.1) is 0 Å². The van der Waals surface area contributed by atoms with Crippen molar-refractivity contribution in [1.29, 1.82) is 0 Å². The zero-order valence-electron chi connectivity index (χ0n) is 10.5. The van der Waals surface area contributed by atoms with Gasteiger partial charge in [-0.2, -0.15) is 5.10 Å². The normalized spacial score (nSPS) is 12.7. The highest BCUT2D eigenvalue weighted by atomic mass is 79.9. The number of nitrogens with zero attached hydrogens (tertiary/aromatic N) is 2. The van der Waals surface area contributed by atoms with E-state index in [2.05, 4.69) is 46.4 Å². The van der Waals surface area contributed by atoms with E-state index in [0.717, 1.165) is 22.3 Å². The van der Waals surface area contributed by atoms with Crippen LogP contribution in [0.3, 0.4) is 0 Å². The molecule has 0 saturated heterocycles. The van der Waals surface area contributed by atoms with Gasteiger partial charge in [-0.3, -0.25) is 10.5 Å². The molecule has 1 aromatic heterocycles. The van der Waals surface area contributed by atoms with Crippen LogP contribution in [0.1, 0.15) is 29.8 Å². The lowest BCUT2D eigenvalue weighted by molar-refractivity contribution is 0.542. The van der Waals surface area contributed by atoms with Gasteiger partial charge >= 0.3 is 0 Å². The maximum atomic E-state index is 5.73. The third-order valence-corrected chi connectivity index (χ3v) is 3.99. The average molecular weight is 309 g/mol. The van der Waals surface area contributed by atoms with Crippen molar-refractivity contribution in [2.75, 3.05) is 0 Å². The fourth-order valence-corrected chi connectivity index (χ4v) is 2.51. The van der Waals surface area contributed by atoms with Crippen molar-refractivity contribution in [2.45, 2.75) is 26.4 Å². The highest BCUT2D eigenvalue weighted by Gasteiger charge is 2.18. The Morgan fingerprint density at radius 3 is 2.89 bits per heavy atom. The number of nitrogens with one attached hydrogen (secondary N) is 1. The molecule has 2 aromatic rings. The number of rotatable bonds is 4. The Labute approximate surface area is 115 Å². The molecule has 0 amide bonds. The van der Waals surface area contributed by atoms with Crippen molar-refractivity contribution in [2.24, 2.45) is 5.84 Å². The molecule has 96 valence electrons. The molecule has 5 heteroatoms. The van der Waals surface area contributed by atoms with Gasteiger partial charge in [0, 0.05) is 17.2 Å². The summed E-state index contributed by atoms with van der Waals surface area (Å²) in [5.74, 6) is 5.73. The summed E-state index contributed by atoms with van der Waals surface area (Å²) in [6, 6.07) is 8.07. The molecule has 2 rings (SSSR count). The van der Waals surface area contributed by atoms with E-state index in [0.29, 0.717) is 0 Å². The van der Waals surface area contributed by atoms with Gasteiger partial charge in [-0.05, 0) is 37.1 Å². The van der Waals surface area contributed by atoms with Crippen molar-refractivity contribution in [3.05, 3.63) is 51.8 Å². The molecule has 0 saturated carbocycles. The lowest BCUT2D eigenvalue weighted by Gasteiger charge is -2.20. The van der Waals surface area contributed by atoms with Crippen LogP contribution in [0, 0.1) is 6.92 Å². The van der Waals surface area contributed by atoms with Crippen molar-refractivity contribution in [1.82, 2.24) is 15.2 Å². The van der Waals surface area contributed by atoms with E-state index in [1.165, 1.54) is 5.56 Å². The van der Waals surface area contributed by atoms with E-state index >= 15 is 0 Å². The second kappa shape index (κ2) is 5.65. The zero-order valence-corrected chi connectivity index (χ0v) is 12.1. The van der Waals surface area contributed by atoms with Crippen LogP contribution in [0.4, 0.5) is 0 Å². The molecule has 0 spiro atoms. The van der Waals surface area contributed by atoms with Gasteiger partial charge in [-0.25, -0.2) is 5.43 Å². The molecule has 0 radical (unpaired) electrons. The Hall–Kier alpha value is -1.17. The molecule has 3 N–H and O–H groups in total. The second-order valence-corrected chi connectivity index (χ2v) is 4.98. The van der Waals surface area contributed by atoms with E-state index in [4.69, 9.17) is 5.84 Å². The minimum absolute atomic E-state index is 0.0510. The summed E-state index contributed by atoms with van der Waals surface area (Å²) in [5, 5.41) is 4.29. The maximum Gasteiger partial charge on any atom is 0.0881 e. The highest BCUT2D eigenvalue weighted by molar-refractivity contribution is 9.10. The maximum absolute atomic E-state index is 5.73. The minimum atomic E-state index is -0.0510. The van der Waals surface area contributed by atoms with Crippen LogP contribution >= 0.6 is 15.9 Å². The molecule has 4 nitrogen and oxygen atoms in total. The van der Waals surface area contributed by atoms with E-state index in [1.54, 1.807) is 6.20 Å². The first kappa shape index (κ1) is 13.3. The predicted molar refractivity (Wildman–Crippen MR) is 75.9 cm³/mol. The number of nitrogens with two attached hydrogens (primary N) is 1. The summed E-state index contributed by atoms with van der Waals surface area (Å²) in [7, 11) is 0. The fraction of sp³-hybridized carbons (Fsp3) is 0.308. The molecule has 0 bridgehead atoms. The smallest absolute Gasteiger partial charge is 0.0881 e. The zero-order chi connectivity index (χ0) is 13.1. The van der Waals surface area contributed by atoms with Crippen molar-refractivity contribution in [3.63, 3.8) is 0 Å². The van der Waals surface area contributed by atoms with E-state index in [1.807, 2.05) is 22.9 Å². The molecule has 0 aliphatic carbocycles. The Kier molecular flexibility index (Phi) is 4.16. The third-order valence-electron chi connectivity index (χ3n) is 3.13. The summed E-state index contributed by atoms with van der Waals surface area (Å²) in [5.41, 5.74) is 6.29. The third kappa shape index (κ3) is 2.34. The number of hydrogen-bond donors (Lipinski definition) is 2. The number of hydrazine groups is 1. The van der Waals surface area contributed by atoms with Gasteiger partial charge < -0.3 is 0 Å². The van der Waals surface area contributed by atoms with Gasteiger partial charge in [0.15, 0.2) is 0 Å². The van der Waals surface area contributed by atoms with Crippen molar-refractivity contribution < 1.29 is 0 Å². The lowest BCUT2D eigenvalue weighted by Crippen LogP contribution is -2.31. The SMILES string of the molecule is CCn1nccc1C(NN)c1cccc(Br)c1C. The van der Waals surface area contributed by atoms with E-state index in [-0.39, 0.29) is 6.04 Å². The van der Waals surface area contributed by atoms with Gasteiger partial charge in [0.25, 0.3) is 0 Å². The Morgan fingerprint density at radius 2 is 2.22 bits per heavy atom. The number of aryl methyl sites for hydroxylation is 1. The Morgan fingerprint density at radius 1 is 1.44 bits per heavy atom. The molecular formula is C13H17BrN4. The predicted octanol–water partition coefficient (Wildman–Crippen LogP) is 2.53. The monoisotopic (exact) mass is 308 g/mol. The summed E-state index contributed by atoms with van der Waals surface area (Å²) >= 11 is 3.55. The number of aromatic nitrogens is 2. The van der Waals surface area contributed by atoms with Crippen LogP contribution in [-0.2, 0) is 6.54 Å². The van der Waals surface area contributed by atoms with Crippen LogP contribution < -0.4 is 11.3 Å². The first-order valence-electron chi connectivity index (χ1n) is 5.91. The Bertz CT molecular complexity index is 536. The summed E-state index contributed by atoms with van der Waals surface area (Å²) < 4.78 is 3.04. The van der Waals surface area contributed by atoms with Crippen LogP contribution in [0.2, 0.25) is 0 Å². The van der Waals surface area contributed by atoms with Crippen LogP contribution in [0.15, 0.2) is 34.9 Å². The van der Waals surface area contributed by atoms with Crippen molar-refractivity contribution >= 4 is 15.9 Å². The second-order valence-electron chi connectivity index (χ2n) is 4.13. The Balaban J connectivity index is 2.49. The number of halogens is 1. The van der Waals surface area contributed by atoms with E-state index in [9.17, 15) is 0 Å². The topological polar surface area (TPSA) is 55.9 Å². The molecule has 1 heterocycles. The van der Waals surface area contributed by atoms with Gasteiger partial charge in [0.1, 0.15) is 0 Å². The first-order chi connectivity index (χ1) is 8.69. The summed E-state index contributed by atoms with van der Waals surface area (Å²) in [6.45, 7) is 4.97. The van der Waals surface area contributed by atoms with Crippen LogP contribution in [0.5, 0.6) is 0 Å². The molecule has 18 heavy (non-hydrogen) atoms. The molecule has 1 unspecified atom stereocenters. The molecule has 0 aliphatic rings. The summed E-state index contributed by atoms with van der Waals surface area (Å²) in [4.78, 5) is 0. The number of benzene rings is 1. The highest BCUT2D eigenvalue weighted by Crippen LogP contribution is 2.28. The largest absolute Gasteiger partial charge is 0.271 e.